The standard InChI is InChI=1S/C17H24N4S/c1-20-9-3-5-16(20)21-15(12-13-6-10-22-11-7-13)19-14-4-2-8-18-17(14)21/h2,4,8,13,16H,3,5-7,9-12H2,1H3. The Morgan fingerprint density at radius 2 is 2.14 bits per heavy atom. The Kier molecular flexibility index (Phi) is 4.09. The van der Waals surface area contributed by atoms with E-state index in [9.17, 15) is 0 Å². The number of aromatic nitrogens is 3. The minimum absolute atomic E-state index is 0.438. The summed E-state index contributed by atoms with van der Waals surface area (Å²) in [7, 11) is 2.23. The lowest BCUT2D eigenvalue weighted by molar-refractivity contribution is 0.235. The molecule has 1 unspecified atom stereocenters. The summed E-state index contributed by atoms with van der Waals surface area (Å²) in [6, 6.07) is 4.10. The summed E-state index contributed by atoms with van der Waals surface area (Å²) in [5.74, 6) is 4.67. The third kappa shape index (κ3) is 2.65. The zero-order valence-corrected chi connectivity index (χ0v) is 14.1. The molecule has 2 aromatic heterocycles. The van der Waals surface area contributed by atoms with Gasteiger partial charge < -0.3 is 0 Å². The monoisotopic (exact) mass is 316 g/mol. The van der Waals surface area contributed by atoms with Gasteiger partial charge in [-0.05, 0) is 68.8 Å². The van der Waals surface area contributed by atoms with Gasteiger partial charge in [0, 0.05) is 12.6 Å². The van der Waals surface area contributed by atoms with E-state index >= 15 is 0 Å². The molecule has 0 N–H and O–H groups in total. The number of likely N-dealkylation sites (tertiary alicyclic amines) is 1. The van der Waals surface area contributed by atoms with E-state index in [4.69, 9.17) is 4.98 Å². The average molecular weight is 316 g/mol. The number of fused-ring (bicyclic) bond motifs is 1. The summed E-state index contributed by atoms with van der Waals surface area (Å²) < 4.78 is 2.43. The van der Waals surface area contributed by atoms with Gasteiger partial charge in [0.1, 0.15) is 11.3 Å². The van der Waals surface area contributed by atoms with Crippen molar-refractivity contribution in [2.24, 2.45) is 5.92 Å². The highest BCUT2D eigenvalue weighted by atomic mass is 32.2. The second-order valence-electron chi connectivity index (χ2n) is 6.61. The summed E-state index contributed by atoms with van der Waals surface area (Å²) >= 11 is 2.10. The van der Waals surface area contributed by atoms with E-state index in [2.05, 4.69) is 39.3 Å². The number of thioether (sulfide) groups is 1. The van der Waals surface area contributed by atoms with Crippen LogP contribution in [-0.4, -0.2) is 44.5 Å². The smallest absolute Gasteiger partial charge is 0.161 e. The van der Waals surface area contributed by atoms with Crippen LogP contribution in [0.3, 0.4) is 0 Å². The van der Waals surface area contributed by atoms with Crippen LogP contribution in [0.4, 0.5) is 0 Å². The molecule has 2 aliphatic rings. The molecular weight excluding hydrogens is 292 g/mol. The van der Waals surface area contributed by atoms with Gasteiger partial charge in [0.15, 0.2) is 5.65 Å². The van der Waals surface area contributed by atoms with Crippen molar-refractivity contribution in [3.05, 3.63) is 24.2 Å². The molecule has 4 nitrogen and oxygen atoms in total. The quantitative estimate of drug-likeness (QED) is 0.870. The first-order chi connectivity index (χ1) is 10.8. The third-order valence-electron chi connectivity index (χ3n) is 5.11. The lowest BCUT2D eigenvalue weighted by Gasteiger charge is -2.26. The van der Waals surface area contributed by atoms with Gasteiger partial charge in [-0.15, -0.1) is 0 Å². The molecule has 2 fully saturated rings. The predicted octanol–water partition coefficient (Wildman–Crippen LogP) is 3.34. The highest BCUT2D eigenvalue weighted by Crippen LogP contribution is 2.32. The Morgan fingerprint density at radius 1 is 1.27 bits per heavy atom. The molecule has 22 heavy (non-hydrogen) atoms. The minimum Gasteiger partial charge on any atom is -0.296 e. The molecule has 0 saturated carbocycles. The Labute approximate surface area is 136 Å². The lowest BCUT2D eigenvalue weighted by atomic mass is 9.98. The second-order valence-corrected chi connectivity index (χ2v) is 7.83. The van der Waals surface area contributed by atoms with Crippen molar-refractivity contribution in [3.63, 3.8) is 0 Å². The van der Waals surface area contributed by atoms with Crippen LogP contribution >= 0.6 is 11.8 Å². The summed E-state index contributed by atoms with van der Waals surface area (Å²) in [6.45, 7) is 1.18. The van der Waals surface area contributed by atoms with Crippen LogP contribution in [0.25, 0.3) is 11.2 Å². The zero-order chi connectivity index (χ0) is 14.9. The molecule has 0 aliphatic carbocycles. The van der Waals surface area contributed by atoms with E-state index in [1.54, 1.807) is 0 Å². The van der Waals surface area contributed by atoms with Crippen LogP contribution in [0.15, 0.2) is 18.3 Å². The summed E-state index contributed by atoms with van der Waals surface area (Å²) in [5, 5.41) is 0. The molecule has 2 saturated heterocycles. The van der Waals surface area contributed by atoms with Gasteiger partial charge in [-0.1, -0.05) is 0 Å². The first kappa shape index (κ1) is 14.5. The van der Waals surface area contributed by atoms with Crippen molar-refractivity contribution in [2.75, 3.05) is 25.1 Å². The van der Waals surface area contributed by atoms with Crippen LogP contribution in [0, 0.1) is 5.92 Å². The molecule has 118 valence electrons. The molecule has 2 aromatic rings. The van der Waals surface area contributed by atoms with E-state index in [0.717, 1.165) is 23.5 Å². The first-order valence-corrected chi connectivity index (χ1v) is 9.58. The molecule has 0 radical (unpaired) electrons. The van der Waals surface area contributed by atoms with Crippen LogP contribution < -0.4 is 0 Å². The topological polar surface area (TPSA) is 34.0 Å². The maximum absolute atomic E-state index is 4.95. The molecule has 4 heterocycles. The number of hydrogen-bond donors (Lipinski definition) is 0. The maximum atomic E-state index is 4.95. The van der Waals surface area contributed by atoms with E-state index in [1.807, 2.05) is 12.3 Å². The first-order valence-electron chi connectivity index (χ1n) is 8.43. The number of imidazole rings is 1. The molecular formula is C17H24N4S. The van der Waals surface area contributed by atoms with Crippen LogP contribution in [-0.2, 0) is 6.42 Å². The Bertz CT molecular complexity index is 647. The van der Waals surface area contributed by atoms with Gasteiger partial charge in [0.2, 0.25) is 0 Å². The molecule has 4 rings (SSSR count). The fourth-order valence-electron chi connectivity index (χ4n) is 3.86. The predicted molar refractivity (Wildman–Crippen MR) is 92.2 cm³/mol. The number of rotatable bonds is 3. The van der Waals surface area contributed by atoms with Crippen molar-refractivity contribution < 1.29 is 0 Å². The van der Waals surface area contributed by atoms with Gasteiger partial charge in [-0.25, -0.2) is 9.97 Å². The largest absolute Gasteiger partial charge is 0.296 e. The molecule has 0 spiro atoms. The number of nitrogens with zero attached hydrogens (tertiary/aromatic N) is 4. The van der Waals surface area contributed by atoms with Gasteiger partial charge in [-0.3, -0.25) is 9.47 Å². The van der Waals surface area contributed by atoms with Crippen LogP contribution in [0.2, 0.25) is 0 Å². The highest BCUT2D eigenvalue weighted by Gasteiger charge is 2.28. The Hall–Kier alpha value is -1.07. The number of pyridine rings is 1. The lowest BCUT2D eigenvalue weighted by Crippen LogP contribution is -2.26. The average Bonchev–Trinajstić information content (AvgIpc) is 3.11. The van der Waals surface area contributed by atoms with Crippen molar-refractivity contribution in [2.45, 2.75) is 38.3 Å². The summed E-state index contributed by atoms with van der Waals surface area (Å²) in [6.07, 6.45) is 8.61. The SMILES string of the molecule is CN1CCCC1n1c(CC2CCSCC2)nc2cccnc21. The normalized spacial score (nSPS) is 24.3. The molecule has 1 atom stereocenters. The number of hydrogen-bond acceptors (Lipinski definition) is 4. The fraction of sp³-hybridized carbons (Fsp3) is 0.647. The fourth-order valence-corrected chi connectivity index (χ4v) is 5.07. The zero-order valence-electron chi connectivity index (χ0n) is 13.2. The molecule has 0 amide bonds. The Morgan fingerprint density at radius 3 is 2.91 bits per heavy atom. The van der Waals surface area contributed by atoms with Gasteiger partial charge in [-0.2, -0.15) is 11.8 Å². The van der Waals surface area contributed by atoms with Gasteiger partial charge in [0.25, 0.3) is 0 Å². The maximum Gasteiger partial charge on any atom is 0.161 e. The molecule has 2 aliphatic heterocycles. The minimum atomic E-state index is 0.438. The van der Waals surface area contributed by atoms with Crippen molar-refractivity contribution >= 4 is 22.9 Å². The molecule has 0 aromatic carbocycles. The highest BCUT2D eigenvalue weighted by molar-refractivity contribution is 7.99. The molecule has 5 heteroatoms. The van der Waals surface area contributed by atoms with E-state index in [1.165, 1.54) is 49.6 Å². The van der Waals surface area contributed by atoms with E-state index < -0.39 is 0 Å². The van der Waals surface area contributed by atoms with E-state index in [0.29, 0.717) is 6.17 Å². The van der Waals surface area contributed by atoms with Gasteiger partial charge in [0.05, 0.1) is 6.17 Å². The van der Waals surface area contributed by atoms with Crippen molar-refractivity contribution in [1.82, 2.24) is 19.4 Å². The second kappa shape index (κ2) is 6.20. The summed E-state index contributed by atoms with van der Waals surface area (Å²) in [4.78, 5) is 12.1. The Balaban J connectivity index is 1.72. The van der Waals surface area contributed by atoms with Crippen molar-refractivity contribution in [3.8, 4) is 0 Å². The van der Waals surface area contributed by atoms with Gasteiger partial charge >= 0.3 is 0 Å². The van der Waals surface area contributed by atoms with Crippen molar-refractivity contribution in [1.29, 1.82) is 0 Å². The summed E-state index contributed by atoms with van der Waals surface area (Å²) in [5.41, 5.74) is 2.13. The molecule has 0 bridgehead atoms. The third-order valence-corrected chi connectivity index (χ3v) is 6.16. The van der Waals surface area contributed by atoms with Crippen LogP contribution in [0.1, 0.15) is 37.7 Å². The van der Waals surface area contributed by atoms with E-state index in [-0.39, 0.29) is 0 Å². The van der Waals surface area contributed by atoms with Crippen LogP contribution in [0.5, 0.6) is 0 Å².